The first-order chi connectivity index (χ1) is 11.3. The number of likely N-dealkylation sites (tertiary alicyclic amines) is 1. The Morgan fingerprint density at radius 3 is 2.67 bits per heavy atom. The van der Waals surface area contributed by atoms with Gasteiger partial charge in [0.1, 0.15) is 0 Å². The first-order valence-electron chi connectivity index (χ1n) is 8.35. The zero-order chi connectivity index (χ0) is 17.7. The minimum atomic E-state index is -4.30. The van der Waals surface area contributed by atoms with Gasteiger partial charge in [0.15, 0.2) is 0 Å². The smallest absolute Gasteiger partial charge is 0.348 e. The molecule has 0 radical (unpaired) electrons. The molecule has 0 aliphatic carbocycles. The summed E-state index contributed by atoms with van der Waals surface area (Å²) in [5, 5.41) is 0. The van der Waals surface area contributed by atoms with Crippen LogP contribution in [0.5, 0.6) is 0 Å². The van der Waals surface area contributed by atoms with Crippen LogP contribution in [0.25, 0.3) is 0 Å². The first kappa shape index (κ1) is 18.8. The van der Waals surface area contributed by atoms with Crippen molar-refractivity contribution in [3.05, 3.63) is 35.4 Å². The molecule has 1 saturated heterocycles. The molecule has 1 amide bonds. The monoisotopic (exact) mass is 342 g/mol. The predicted molar refractivity (Wildman–Crippen MR) is 87.6 cm³/mol. The van der Waals surface area contributed by atoms with Crippen molar-refractivity contribution in [3.63, 3.8) is 0 Å². The van der Waals surface area contributed by atoms with E-state index in [1.165, 1.54) is 6.07 Å². The number of alkyl halides is 3. The van der Waals surface area contributed by atoms with Crippen molar-refractivity contribution in [1.82, 2.24) is 9.80 Å². The number of carbonyl (C=O) groups excluding carboxylic acids is 1. The van der Waals surface area contributed by atoms with E-state index in [4.69, 9.17) is 0 Å². The molecule has 1 aliphatic heterocycles. The topological polar surface area (TPSA) is 23.6 Å². The molecule has 3 nitrogen and oxygen atoms in total. The van der Waals surface area contributed by atoms with Gasteiger partial charge in [0.25, 0.3) is 0 Å². The molecule has 2 rings (SSSR count). The van der Waals surface area contributed by atoms with Gasteiger partial charge in [-0.05, 0) is 49.8 Å². The minimum absolute atomic E-state index is 0.0677. The van der Waals surface area contributed by atoms with E-state index in [0.717, 1.165) is 38.4 Å². The van der Waals surface area contributed by atoms with Crippen LogP contribution in [0.15, 0.2) is 24.3 Å². The molecule has 1 atom stereocenters. The third-order valence-electron chi connectivity index (χ3n) is 4.61. The van der Waals surface area contributed by atoms with E-state index in [-0.39, 0.29) is 5.91 Å². The van der Waals surface area contributed by atoms with Crippen LogP contribution in [-0.2, 0) is 17.4 Å². The van der Waals surface area contributed by atoms with Gasteiger partial charge in [-0.25, -0.2) is 0 Å². The summed E-state index contributed by atoms with van der Waals surface area (Å²) >= 11 is 0. The van der Waals surface area contributed by atoms with Crippen LogP contribution >= 0.6 is 0 Å². The van der Waals surface area contributed by atoms with Crippen LogP contribution < -0.4 is 0 Å². The number of hydrogen-bond donors (Lipinski definition) is 0. The number of hydrogen-bond acceptors (Lipinski definition) is 2. The third kappa shape index (κ3) is 5.23. The Morgan fingerprint density at radius 1 is 1.29 bits per heavy atom. The summed E-state index contributed by atoms with van der Waals surface area (Å²) < 4.78 is 39.1. The number of rotatable bonds is 5. The first-order valence-corrected chi connectivity index (χ1v) is 8.35. The highest BCUT2D eigenvalue weighted by Crippen LogP contribution is 2.33. The zero-order valence-electron chi connectivity index (χ0n) is 14.3. The van der Waals surface area contributed by atoms with Gasteiger partial charge >= 0.3 is 6.18 Å². The van der Waals surface area contributed by atoms with Gasteiger partial charge < -0.3 is 4.90 Å². The van der Waals surface area contributed by atoms with E-state index in [2.05, 4.69) is 4.90 Å². The zero-order valence-corrected chi connectivity index (χ0v) is 14.3. The summed E-state index contributed by atoms with van der Waals surface area (Å²) in [6, 6.07) is 5.81. The van der Waals surface area contributed by atoms with Gasteiger partial charge in [-0.1, -0.05) is 18.2 Å². The summed E-state index contributed by atoms with van der Waals surface area (Å²) in [6.07, 6.45) is -1.14. The normalized spacial score (nSPS) is 19.3. The van der Waals surface area contributed by atoms with E-state index in [1.54, 1.807) is 31.1 Å². The molecular weight excluding hydrogens is 317 g/mol. The second-order valence-electron chi connectivity index (χ2n) is 6.73. The maximum absolute atomic E-state index is 13.0. The lowest BCUT2D eigenvalue weighted by Gasteiger charge is -2.33. The number of carbonyl (C=O) groups is 1. The molecule has 0 bridgehead atoms. The Morgan fingerprint density at radius 2 is 2.00 bits per heavy atom. The number of benzene rings is 1. The van der Waals surface area contributed by atoms with Crippen LogP contribution in [0.2, 0.25) is 0 Å². The molecule has 1 heterocycles. The summed E-state index contributed by atoms with van der Waals surface area (Å²) in [7, 11) is 3.47. The SMILES string of the molecule is CN(C)C(=O)CN1CCC[C@@H](CCc2ccccc2C(F)(F)F)C1. The summed E-state index contributed by atoms with van der Waals surface area (Å²) in [5.41, 5.74) is -0.160. The molecule has 6 heteroatoms. The van der Waals surface area contributed by atoms with Gasteiger partial charge in [-0.3, -0.25) is 9.69 Å². The Bertz CT molecular complexity index is 557. The summed E-state index contributed by atoms with van der Waals surface area (Å²) in [4.78, 5) is 15.5. The fourth-order valence-electron chi connectivity index (χ4n) is 3.24. The molecule has 0 aromatic heterocycles. The minimum Gasteiger partial charge on any atom is -0.348 e. The second-order valence-corrected chi connectivity index (χ2v) is 6.73. The molecule has 0 saturated carbocycles. The summed E-state index contributed by atoms with van der Waals surface area (Å²) in [6.45, 7) is 2.06. The quantitative estimate of drug-likeness (QED) is 0.818. The number of amides is 1. The molecule has 0 spiro atoms. The lowest BCUT2D eigenvalue weighted by Crippen LogP contribution is -2.42. The van der Waals surface area contributed by atoms with Crippen molar-refractivity contribution in [2.45, 2.75) is 31.9 Å². The van der Waals surface area contributed by atoms with E-state index in [1.807, 2.05) is 0 Å². The van der Waals surface area contributed by atoms with Crippen molar-refractivity contribution in [1.29, 1.82) is 0 Å². The van der Waals surface area contributed by atoms with E-state index < -0.39 is 11.7 Å². The Labute approximate surface area is 141 Å². The molecule has 0 unspecified atom stereocenters. The fourth-order valence-corrected chi connectivity index (χ4v) is 3.24. The van der Waals surface area contributed by atoms with Crippen molar-refractivity contribution < 1.29 is 18.0 Å². The average Bonchev–Trinajstić information content (AvgIpc) is 2.52. The second kappa shape index (κ2) is 8.01. The molecule has 1 aromatic rings. The molecule has 134 valence electrons. The van der Waals surface area contributed by atoms with Crippen molar-refractivity contribution >= 4 is 5.91 Å². The van der Waals surface area contributed by atoms with Gasteiger partial charge in [0, 0.05) is 20.6 Å². The van der Waals surface area contributed by atoms with Crippen LogP contribution in [0.4, 0.5) is 13.2 Å². The Balaban J connectivity index is 1.92. The van der Waals surface area contributed by atoms with Crippen molar-refractivity contribution in [3.8, 4) is 0 Å². The molecule has 1 aliphatic rings. The standard InChI is InChI=1S/C18H25F3N2O/c1-22(2)17(24)13-23-11-5-6-14(12-23)9-10-15-7-3-4-8-16(15)18(19,20)21/h3-4,7-8,14H,5-6,9-13H2,1-2H3/t14-/m0/s1. The number of halogens is 3. The van der Waals surface area contributed by atoms with Gasteiger partial charge in [0.05, 0.1) is 12.1 Å². The lowest BCUT2D eigenvalue weighted by molar-refractivity contribution is -0.138. The number of nitrogens with zero attached hydrogens (tertiary/aromatic N) is 2. The van der Waals surface area contributed by atoms with Crippen molar-refractivity contribution in [2.24, 2.45) is 5.92 Å². The third-order valence-corrected chi connectivity index (χ3v) is 4.61. The Hall–Kier alpha value is -1.56. The highest BCUT2D eigenvalue weighted by Gasteiger charge is 2.33. The van der Waals surface area contributed by atoms with E-state index in [9.17, 15) is 18.0 Å². The predicted octanol–water partition coefficient (Wildman–Crippen LogP) is 3.44. The van der Waals surface area contributed by atoms with Crippen LogP contribution in [-0.4, -0.2) is 49.4 Å². The molecule has 1 fully saturated rings. The van der Waals surface area contributed by atoms with Gasteiger partial charge in [-0.2, -0.15) is 13.2 Å². The lowest BCUT2D eigenvalue weighted by atomic mass is 9.90. The highest BCUT2D eigenvalue weighted by atomic mass is 19.4. The fraction of sp³-hybridized carbons (Fsp3) is 0.611. The maximum Gasteiger partial charge on any atom is 0.416 e. The number of aryl methyl sites for hydroxylation is 1. The van der Waals surface area contributed by atoms with E-state index in [0.29, 0.717) is 24.4 Å². The molecule has 24 heavy (non-hydrogen) atoms. The van der Waals surface area contributed by atoms with E-state index >= 15 is 0 Å². The molecule has 0 N–H and O–H groups in total. The number of likely N-dealkylation sites (N-methyl/N-ethyl adjacent to an activating group) is 1. The maximum atomic E-state index is 13.0. The van der Waals surface area contributed by atoms with Crippen LogP contribution in [0, 0.1) is 5.92 Å². The highest BCUT2D eigenvalue weighted by molar-refractivity contribution is 5.77. The average molecular weight is 342 g/mol. The van der Waals surface area contributed by atoms with Gasteiger partial charge in [-0.15, -0.1) is 0 Å². The molecular formula is C18H25F3N2O. The summed E-state index contributed by atoms with van der Waals surface area (Å²) in [5.74, 6) is 0.410. The molecule has 1 aromatic carbocycles. The number of piperidine rings is 1. The van der Waals surface area contributed by atoms with Crippen molar-refractivity contribution in [2.75, 3.05) is 33.7 Å². The van der Waals surface area contributed by atoms with Crippen LogP contribution in [0.1, 0.15) is 30.4 Å². The largest absolute Gasteiger partial charge is 0.416 e. The Kier molecular flexibility index (Phi) is 6.27. The van der Waals surface area contributed by atoms with Crippen LogP contribution in [0.3, 0.4) is 0 Å². The van der Waals surface area contributed by atoms with Gasteiger partial charge in [0.2, 0.25) is 5.91 Å².